The molecule has 0 amide bonds. The van der Waals surface area contributed by atoms with Gasteiger partial charge < -0.3 is 15.4 Å². The second kappa shape index (κ2) is 9.62. The first-order valence-corrected chi connectivity index (χ1v) is 11.4. The fourth-order valence-corrected chi connectivity index (χ4v) is 5.05. The average molecular weight is 457 g/mol. The van der Waals surface area contributed by atoms with E-state index < -0.39 is 0 Å². The Kier molecular flexibility index (Phi) is 7.12. The lowest BCUT2D eigenvalue weighted by atomic mass is 10.1. The molecule has 0 aliphatic heterocycles. The summed E-state index contributed by atoms with van der Waals surface area (Å²) in [6.45, 7) is 10.8. The van der Waals surface area contributed by atoms with E-state index in [1.54, 1.807) is 0 Å². The standard InChI is InChI=1S/C23H28N4O2S2/c1-7-18-16(5)31-21(19(18)22(28)29-6)25-23(30)24-20-14(3)26-27(15(20)4)12-17-11-9-8-10-13(17)2/h8-11H,7,12H2,1-6H3,(H2,24,25,30). The third-order valence-electron chi connectivity index (χ3n) is 5.38. The van der Waals surface area contributed by atoms with E-state index in [4.69, 9.17) is 22.1 Å². The lowest BCUT2D eigenvalue weighted by molar-refractivity contribution is 0.0601. The first-order chi connectivity index (χ1) is 14.8. The van der Waals surface area contributed by atoms with Crippen LogP contribution in [0.5, 0.6) is 0 Å². The van der Waals surface area contributed by atoms with Crippen LogP contribution in [0.3, 0.4) is 0 Å². The van der Waals surface area contributed by atoms with Gasteiger partial charge in [-0.15, -0.1) is 11.3 Å². The average Bonchev–Trinajstić information content (AvgIpc) is 3.19. The molecule has 0 spiro atoms. The van der Waals surface area contributed by atoms with Crippen LogP contribution in [0.2, 0.25) is 0 Å². The zero-order chi connectivity index (χ0) is 22.7. The summed E-state index contributed by atoms with van der Waals surface area (Å²) in [7, 11) is 1.39. The van der Waals surface area contributed by atoms with E-state index in [0.717, 1.165) is 33.9 Å². The molecule has 0 bridgehead atoms. The summed E-state index contributed by atoms with van der Waals surface area (Å²) in [5, 5.41) is 12.3. The van der Waals surface area contributed by atoms with E-state index >= 15 is 0 Å². The summed E-state index contributed by atoms with van der Waals surface area (Å²) < 4.78 is 6.97. The van der Waals surface area contributed by atoms with Crippen molar-refractivity contribution in [2.45, 2.75) is 47.6 Å². The molecule has 0 aliphatic carbocycles. The smallest absolute Gasteiger partial charge is 0.341 e. The third kappa shape index (κ3) is 4.80. The molecule has 0 saturated carbocycles. The number of benzene rings is 1. The number of thiophene rings is 1. The van der Waals surface area contributed by atoms with Crippen LogP contribution in [0.4, 0.5) is 10.7 Å². The highest BCUT2D eigenvalue weighted by atomic mass is 32.1. The Labute approximate surface area is 192 Å². The second-order valence-electron chi connectivity index (χ2n) is 7.40. The normalized spacial score (nSPS) is 10.8. The molecule has 0 saturated heterocycles. The van der Waals surface area contributed by atoms with E-state index in [9.17, 15) is 4.79 Å². The SMILES string of the molecule is CCc1c(C)sc(NC(=S)Nc2c(C)nn(Cc3ccccc3C)c2C)c1C(=O)OC. The molecular weight excluding hydrogens is 428 g/mol. The highest BCUT2D eigenvalue weighted by Crippen LogP contribution is 2.34. The van der Waals surface area contributed by atoms with E-state index in [2.05, 4.69) is 29.7 Å². The first-order valence-electron chi connectivity index (χ1n) is 10.1. The number of rotatable bonds is 6. The summed E-state index contributed by atoms with van der Waals surface area (Å²) >= 11 is 7.07. The molecule has 8 heteroatoms. The molecule has 0 unspecified atom stereocenters. The van der Waals surface area contributed by atoms with Crippen LogP contribution in [0.25, 0.3) is 0 Å². The van der Waals surface area contributed by atoms with E-state index in [1.165, 1.54) is 29.6 Å². The van der Waals surface area contributed by atoms with Gasteiger partial charge in [-0.1, -0.05) is 31.2 Å². The van der Waals surface area contributed by atoms with Crippen molar-refractivity contribution in [1.29, 1.82) is 0 Å². The maximum absolute atomic E-state index is 12.3. The monoisotopic (exact) mass is 456 g/mol. The van der Waals surface area contributed by atoms with E-state index in [-0.39, 0.29) is 5.97 Å². The molecule has 6 nitrogen and oxygen atoms in total. The molecule has 2 aromatic heterocycles. The Morgan fingerprint density at radius 1 is 1.19 bits per heavy atom. The van der Waals surface area contributed by atoms with Gasteiger partial charge in [0.1, 0.15) is 5.00 Å². The van der Waals surface area contributed by atoms with Gasteiger partial charge in [-0.3, -0.25) is 4.68 Å². The highest BCUT2D eigenvalue weighted by molar-refractivity contribution is 7.80. The summed E-state index contributed by atoms with van der Waals surface area (Å²) in [5.41, 5.74) is 6.73. The van der Waals surface area contributed by atoms with Crippen LogP contribution in [0.15, 0.2) is 24.3 Å². The zero-order valence-electron chi connectivity index (χ0n) is 18.8. The number of thiocarbonyl (C=S) groups is 1. The van der Waals surface area contributed by atoms with Crippen molar-refractivity contribution in [1.82, 2.24) is 9.78 Å². The van der Waals surface area contributed by atoms with Gasteiger partial charge >= 0.3 is 5.97 Å². The molecule has 0 atom stereocenters. The quantitative estimate of drug-likeness (QED) is 0.383. The minimum atomic E-state index is -0.357. The summed E-state index contributed by atoms with van der Waals surface area (Å²) in [6.07, 6.45) is 0.749. The topological polar surface area (TPSA) is 68.2 Å². The molecule has 2 heterocycles. The number of hydrogen-bond donors (Lipinski definition) is 2. The highest BCUT2D eigenvalue weighted by Gasteiger charge is 2.23. The van der Waals surface area contributed by atoms with Crippen molar-refractivity contribution in [2.75, 3.05) is 17.7 Å². The first kappa shape index (κ1) is 23.0. The van der Waals surface area contributed by atoms with Crippen molar-refractivity contribution < 1.29 is 9.53 Å². The molecule has 1 aromatic carbocycles. The number of nitrogens with zero attached hydrogens (tertiary/aromatic N) is 2. The number of nitrogens with one attached hydrogen (secondary N) is 2. The Balaban J connectivity index is 1.81. The fourth-order valence-electron chi connectivity index (χ4n) is 3.64. The number of esters is 1. The van der Waals surface area contributed by atoms with Gasteiger partial charge in [-0.2, -0.15) is 5.10 Å². The van der Waals surface area contributed by atoms with Crippen molar-refractivity contribution in [3.8, 4) is 0 Å². The molecule has 0 aliphatic rings. The van der Waals surface area contributed by atoms with Gasteiger partial charge in [0.2, 0.25) is 0 Å². The largest absolute Gasteiger partial charge is 0.465 e. The Hall–Kier alpha value is -2.71. The van der Waals surface area contributed by atoms with Gasteiger partial charge in [0.05, 0.1) is 36.3 Å². The maximum atomic E-state index is 12.3. The van der Waals surface area contributed by atoms with Gasteiger partial charge in [-0.25, -0.2) is 4.79 Å². The van der Waals surface area contributed by atoms with Crippen LogP contribution >= 0.6 is 23.6 Å². The molecular formula is C23H28N4O2S2. The minimum absolute atomic E-state index is 0.357. The Bertz CT molecular complexity index is 1130. The van der Waals surface area contributed by atoms with Crippen molar-refractivity contribution >= 4 is 45.3 Å². The number of aromatic nitrogens is 2. The summed E-state index contributed by atoms with van der Waals surface area (Å²) in [6, 6.07) is 8.30. The number of carbonyl (C=O) groups is 1. The van der Waals surface area contributed by atoms with E-state index in [0.29, 0.717) is 22.2 Å². The maximum Gasteiger partial charge on any atom is 0.341 e. The number of aryl methyl sites for hydroxylation is 3. The molecule has 3 aromatic rings. The lowest BCUT2D eigenvalue weighted by Gasteiger charge is -2.12. The van der Waals surface area contributed by atoms with Crippen molar-refractivity contribution in [2.24, 2.45) is 0 Å². The molecule has 31 heavy (non-hydrogen) atoms. The van der Waals surface area contributed by atoms with E-state index in [1.807, 2.05) is 44.5 Å². The van der Waals surface area contributed by atoms with Gasteiger partial charge in [-0.05, 0) is 63.0 Å². The summed E-state index contributed by atoms with van der Waals surface area (Å²) in [5.74, 6) is -0.357. The minimum Gasteiger partial charge on any atom is -0.465 e. The molecule has 0 radical (unpaired) electrons. The molecule has 164 valence electrons. The van der Waals surface area contributed by atoms with Gasteiger partial charge in [0.15, 0.2) is 5.11 Å². The molecule has 0 fully saturated rings. The number of carbonyl (C=O) groups excluding carboxylic acids is 1. The van der Waals surface area contributed by atoms with Crippen LogP contribution in [0.1, 0.15) is 50.2 Å². The lowest BCUT2D eigenvalue weighted by Crippen LogP contribution is -2.21. The van der Waals surface area contributed by atoms with Crippen LogP contribution in [-0.4, -0.2) is 28.0 Å². The Morgan fingerprint density at radius 2 is 1.90 bits per heavy atom. The Morgan fingerprint density at radius 3 is 2.55 bits per heavy atom. The predicted octanol–water partition coefficient (Wildman–Crippen LogP) is 5.38. The van der Waals surface area contributed by atoms with Crippen LogP contribution in [0, 0.1) is 27.7 Å². The van der Waals surface area contributed by atoms with Crippen LogP contribution < -0.4 is 10.6 Å². The van der Waals surface area contributed by atoms with Crippen molar-refractivity contribution in [3.63, 3.8) is 0 Å². The van der Waals surface area contributed by atoms with Crippen LogP contribution in [-0.2, 0) is 17.7 Å². The number of hydrogen-bond acceptors (Lipinski definition) is 5. The second-order valence-corrected chi connectivity index (χ2v) is 9.03. The number of methoxy groups -OCH3 is 1. The van der Waals surface area contributed by atoms with Crippen molar-refractivity contribution in [3.05, 3.63) is 62.8 Å². The number of anilines is 2. The predicted molar refractivity (Wildman–Crippen MR) is 132 cm³/mol. The van der Waals surface area contributed by atoms with Gasteiger partial charge in [0.25, 0.3) is 0 Å². The molecule has 3 rings (SSSR count). The summed E-state index contributed by atoms with van der Waals surface area (Å²) in [4.78, 5) is 13.4. The van der Waals surface area contributed by atoms with Gasteiger partial charge in [0, 0.05) is 4.88 Å². The molecule has 2 N–H and O–H groups in total. The number of ether oxygens (including phenoxy) is 1. The fraction of sp³-hybridized carbons (Fsp3) is 0.348. The third-order valence-corrected chi connectivity index (χ3v) is 6.65. The zero-order valence-corrected chi connectivity index (χ0v) is 20.4.